The van der Waals surface area contributed by atoms with Crippen LogP contribution >= 0.6 is 0 Å². The zero-order valence-electron chi connectivity index (χ0n) is 15.4. The molecule has 3 rings (SSSR count). The van der Waals surface area contributed by atoms with Crippen LogP contribution in [0, 0.1) is 18.8 Å². The highest BCUT2D eigenvalue weighted by Gasteiger charge is 2.27. The van der Waals surface area contributed by atoms with Gasteiger partial charge in [0, 0.05) is 10.2 Å². The summed E-state index contributed by atoms with van der Waals surface area (Å²) in [6.45, 7) is 1.97. The maximum atomic E-state index is 12.3. The number of ether oxygens (including phenoxy) is 2. The zero-order valence-corrected chi connectivity index (χ0v) is 16.4. The Hall–Kier alpha value is -2.40. The second kappa shape index (κ2) is 9.00. The fourth-order valence-electron chi connectivity index (χ4n) is 3.23. The van der Waals surface area contributed by atoms with E-state index >= 15 is 0 Å². The molecule has 0 unspecified atom stereocenters. The Morgan fingerprint density at radius 3 is 2.04 bits per heavy atom. The van der Waals surface area contributed by atoms with Crippen molar-refractivity contribution in [1.29, 1.82) is 0 Å². The number of hydrogen-bond acceptors (Lipinski definition) is 4. The molecule has 0 spiro atoms. The van der Waals surface area contributed by atoms with Gasteiger partial charge in [-0.3, -0.25) is 4.79 Å². The van der Waals surface area contributed by atoms with Crippen LogP contribution in [0.2, 0.25) is 6.04 Å². The molecular weight excluding hydrogens is 356 g/mol. The standard InChI is InChI=1S/C22H23O4Si/c1-15-2-10-19(11-3-15)25-22(24)18-8-12-20(13-9-18)26-21(23)17-6-4-16(14-27)5-7-17/h2-3,8-13,16-17H,4-7,14H2,1H3. The van der Waals surface area contributed by atoms with Crippen LogP contribution in [-0.2, 0) is 4.79 Å². The second-order valence-corrected chi connectivity index (χ2v) is 7.48. The van der Waals surface area contributed by atoms with Crippen molar-refractivity contribution in [1.82, 2.24) is 0 Å². The van der Waals surface area contributed by atoms with E-state index < -0.39 is 5.97 Å². The van der Waals surface area contributed by atoms with Gasteiger partial charge < -0.3 is 9.47 Å². The average molecular weight is 380 g/mol. The van der Waals surface area contributed by atoms with Gasteiger partial charge in [-0.15, -0.1) is 0 Å². The summed E-state index contributed by atoms with van der Waals surface area (Å²) in [6, 6.07) is 14.8. The molecule has 139 valence electrons. The third kappa shape index (κ3) is 5.29. The van der Waals surface area contributed by atoms with Crippen LogP contribution in [0.3, 0.4) is 0 Å². The molecule has 0 atom stereocenters. The molecule has 1 aliphatic rings. The third-order valence-corrected chi connectivity index (χ3v) is 5.59. The lowest BCUT2D eigenvalue weighted by Crippen LogP contribution is -2.25. The van der Waals surface area contributed by atoms with E-state index in [0.717, 1.165) is 37.3 Å². The van der Waals surface area contributed by atoms with Gasteiger partial charge in [0.25, 0.3) is 0 Å². The molecule has 27 heavy (non-hydrogen) atoms. The van der Waals surface area contributed by atoms with E-state index in [1.807, 2.05) is 19.1 Å². The van der Waals surface area contributed by atoms with Crippen LogP contribution in [-0.4, -0.2) is 22.2 Å². The summed E-state index contributed by atoms with van der Waals surface area (Å²) in [5.41, 5.74) is 1.51. The van der Waals surface area contributed by atoms with Gasteiger partial charge in [-0.1, -0.05) is 23.7 Å². The summed E-state index contributed by atoms with van der Waals surface area (Å²) in [5, 5.41) is 0. The van der Waals surface area contributed by atoms with Crippen LogP contribution in [0.25, 0.3) is 0 Å². The summed E-state index contributed by atoms with van der Waals surface area (Å²) in [7, 11) is 3.56. The highest BCUT2D eigenvalue weighted by Crippen LogP contribution is 2.31. The summed E-state index contributed by atoms with van der Waals surface area (Å²) in [6.07, 6.45) is 3.84. The van der Waals surface area contributed by atoms with Crippen LogP contribution in [0.4, 0.5) is 0 Å². The third-order valence-electron chi connectivity index (χ3n) is 5.01. The van der Waals surface area contributed by atoms with Crippen LogP contribution in [0.5, 0.6) is 11.5 Å². The number of aryl methyl sites for hydroxylation is 1. The lowest BCUT2D eigenvalue weighted by molar-refractivity contribution is -0.140. The quantitative estimate of drug-likeness (QED) is 0.436. The Balaban J connectivity index is 1.54. The molecule has 2 aromatic carbocycles. The molecule has 1 saturated carbocycles. The van der Waals surface area contributed by atoms with Crippen LogP contribution < -0.4 is 9.47 Å². The molecule has 1 fully saturated rings. The van der Waals surface area contributed by atoms with Crippen molar-refractivity contribution >= 4 is 22.2 Å². The van der Waals surface area contributed by atoms with Crippen LogP contribution in [0.1, 0.15) is 41.6 Å². The lowest BCUT2D eigenvalue weighted by atomic mass is 9.83. The SMILES string of the molecule is Cc1ccc(OC(=O)c2ccc(OC(=O)C3CCC(C[Si])CC3)cc2)cc1. The summed E-state index contributed by atoms with van der Waals surface area (Å²) in [5.74, 6) is 0.950. The van der Waals surface area contributed by atoms with Gasteiger partial charge in [0.2, 0.25) is 0 Å². The molecule has 0 bridgehead atoms. The first-order valence-corrected chi connectivity index (χ1v) is 10.0. The fourth-order valence-corrected chi connectivity index (χ4v) is 3.64. The first-order valence-electron chi connectivity index (χ1n) is 9.30. The van der Waals surface area contributed by atoms with E-state index in [1.54, 1.807) is 36.4 Å². The van der Waals surface area contributed by atoms with Crippen molar-refractivity contribution in [3.8, 4) is 11.5 Å². The number of carbonyl (C=O) groups is 2. The van der Waals surface area contributed by atoms with Crippen molar-refractivity contribution in [2.45, 2.75) is 38.7 Å². The molecule has 0 amide bonds. The predicted octanol–water partition coefficient (Wildman–Crippen LogP) is 4.51. The number of hydrogen-bond donors (Lipinski definition) is 0. The highest BCUT2D eigenvalue weighted by molar-refractivity contribution is 6.08. The Morgan fingerprint density at radius 1 is 0.889 bits per heavy atom. The molecule has 0 aromatic heterocycles. The summed E-state index contributed by atoms with van der Waals surface area (Å²) >= 11 is 0. The first kappa shape index (κ1) is 19.4. The molecule has 3 radical (unpaired) electrons. The smallest absolute Gasteiger partial charge is 0.343 e. The minimum atomic E-state index is -0.440. The number of benzene rings is 2. The van der Waals surface area contributed by atoms with Gasteiger partial charge in [-0.05, 0) is 74.9 Å². The Kier molecular flexibility index (Phi) is 6.45. The maximum Gasteiger partial charge on any atom is 0.343 e. The number of esters is 2. The Morgan fingerprint density at radius 2 is 1.44 bits per heavy atom. The minimum absolute atomic E-state index is 0.0364. The minimum Gasteiger partial charge on any atom is -0.426 e. The van der Waals surface area contributed by atoms with Crippen molar-refractivity contribution in [2.24, 2.45) is 11.8 Å². The molecule has 5 heteroatoms. The molecule has 1 aliphatic carbocycles. The molecular formula is C22H23O4Si. The summed E-state index contributed by atoms with van der Waals surface area (Å²) < 4.78 is 10.8. The van der Waals surface area contributed by atoms with E-state index in [4.69, 9.17) is 9.47 Å². The number of carbonyl (C=O) groups excluding carboxylic acids is 2. The summed E-state index contributed by atoms with van der Waals surface area (Å²) in [4.78, 5) is 24.5. The van der Waals surface area contributed by atoms with Gasteiger partial charge >= 0.3 is 11.9 Å². The number of rotatable bonds is 5. The van der Waals surface area contributed by atoms with E-state index in [0.29, 0.717) is 23.0 Å². The maximum absolute atomic E-state index is 12.3. The molecule has 4 nitrogen and oxygen atoms in total. The molecule has 0 saturated heterocycles. The Bertz CT molecular complexity index is 775. The van der Waals surface area contributed by atoms with Crippen LogP contribution in [0.15, 0.2) is 48.5 Å². The normalized spacial score (nSPS) is 19.3. The fraction of sp³-hybridized carbons (Fsp3) is 0.364. The van der Waals surface area contributed by atoms with E-state index in [-0.39, 0.29) is 11.9 Å². The van der Waals surface area contributed by atoms with Gasteiger partial charge in [-0.25, -0.2) is 4.79 Å². The van der Waals surface area contributed by atoms with E-state index in [1.165, 1.54) is 0 Å². The zero-order chi connectivity index (χ0) is 19.2. The largest absolute Gasteiger partial charge is 0.426 e. The molecule has 2 aromatic rings. The topological polar surface area (TPSA) is 52.6 Å². The highest BCUT2D eigenvalue weighted by atomic mass is 28.1. The second-order valence-electron chi connectivity index (χ2n) is 7.07. The molecule has 0 N–H and O–H groups in total. The van der Waals surface area contributed by atoms with Gasteiger partial charge in [0.05, 0.1) is 11.5 Å². The lowest BCUT2D eigenvalue weighted by Gasteiger charge is -2.26. The van der Waals surface area contributed by atoms with E-state index in [9.17, 15) is 9.59 Å². The molecule has 0 heterocycles. The van der Waals surface area contributed by atoms with Gasteiger partial charge in [-0.2, -0.15) is 0 Å². The van der Waals surface area contributed by atoms with E-state index in [2.05, 4.69) is 10.2 Å². The Labute approximate surface area is 163 Å². The van der Waals surface area contributed by atoms with Crippen molar-refractivity contribution in [3.63, 3.8) is 0 Å². The van der Waals surface area contributed by atoms with Gasteiger partial charge in [0.1, 0.15) is 11.5 Å². The average Bonchev–Trinajstić information content (AvgIpc) is 2.70. The first-order chi connectivity index (χ1) is 13.0. The van der Waals surface area contributed by atoms with Gasteiger partial charge in [0.15, 0.2) is 0 Å². The monoisotopic (exact) mass is 379 g/mol. The molecule has 0 aliphatic heterocycles. The van der Waals surface area contributed by atoms with Crippen molar-refractivity contribution in [3.05, 3.63) is 59.7 Å². The van der Waals surface area contributed by atoms with Crippen molar-refractivity contribution < 1.29 is 19.1 Å². The van der Waals surface area contributed by atoms with Crippen molar-refractivity contribution in [2.75, 3.05) is 0 Å². The predicted molar refractivity (Wildman–Crippen MR) is 104 cm³/mol.